The molecule has 0 aromatic heterocycles. The van der Waals surface area contributed by atoms with Gasteiger partial charge in [-0.2, -0.15) is 0 Å². The molecule has 0 saturated carbocycles. The first-order valence-corrected chi connectivity index (χ1v) is 4.90. The van der Waals surface area contributed by atoms with Crippen molar-refractivity contribution in [1.82, 2.24) is 0 Å². The number of carbonyl (C=O) groups is 1. The van der Waals surface area contributed by atoms with Crippen molar-refractivity contribution in [2.24, 2.45) is 0 Å². The molecule has 2 heteroatoms. The molecule has 0 rings (SSSR count). The van der Waals surface area contributed by atoms with Crippen LogP contribution < -0.4 is 0 Å². The van der Waals surface area contributed by atoms with Crippen LogP contribution >= 0.6 is 0 Å². The van der Waals surface area contributed by atoms with Gasteiger partial charge in [-0.1, -0.05) is 5.57 Å². The summed E-state index contributed by atoms with van der Waals surface area (Å²) in [6.45, 7) is 9.11. The molecule has 0 heterocycles. The lowest BCUT2D eigenvalue weighted by Crippen LogP contribution is -2.01. The summed E-state index contributed by atoms with van der Waals surface area (Å²) in [7, 11) is 0. The van der Waals surface area contributed by atoms with Gasteiger partial charge in [-0.3, -0.25) is 4.79 Å². The Labute approximate surface area is 81.0 Å². The second kappa shape index (κ2) is 7.99. The van der Waals surface area contributed by atoms with E-state index in [0.29, 0.717) is 25.2 Å². The lowest BCUT2D eigenvalue weighted by Gasteiger charge is -2.01. The number of ether oxygens (including phenoxy) is 1. The fourth-order valence-corrected chi connectivity index (χ4v) is 0.994. The summed E-state index contributed by atoms with van der Waals surface area (Å²) in [5.74, 6) is 0.322. The van der Waals surface area contributed by atoms with Crippen LogP contribution in [0.2, 0.25) is 0 Å². The zero-order chi connectivity index (χ0) is 10.1. The number of carbonyl (C=O) groups excluding carboxylic acids is 1. The summed E-state index contributed by atoms with van der Waals surface area (Å²) in [5.41, 5.74) is 1.08. The molecule has 0 radical (unpaired) electrons. The van der Waals surface area contributed by atoms with Crippen LogP contribution in [0.4, 0.5) is 0 Å². The monoisotopic (exact) mass is 184 g/mol. The van der Waals surface area contributed by atoms with Gasteiger partial charge in [0.05, 0.1) is 0 Å². The third kappa shape index (κ3) is 9.28. The Balaban J connectivity index is 3.25. The van der Waals surface area contributed by atoms with Crippen LogP contribution in [0.1, 0.15) is 39.5 Å². The number of rotatable bonds is 8. The van der Waals surface area contributed by atoms with Gasteiger partial charge in [-0.15, -0.1) is 6.58 Å². The van der Waals surface area contributed by atoms with Crippen LogP contribution in [0.5, 0.6) is 0 Å². The Hall–Kier alpha value is -0.630. The third-order valence-corrected chi connectivity index (χ3v) is 1.78. The average molecular weight is 184 g/mol. The standard InChI is InChI=1S/C11H20O2/c1-4-13-9-5-6-11(12)8-7-10(2)3/h2,4-9H2,1,3H3. The highest BCUT2D eigenvalue weighted by molar-refractivity contribution is 5.78. The lowest BCUT2D eigenvalue weighted by atomic mass is 10.1. The zero-order valence-electron chi connectivity index (χ0n) is 8.77. The molecular weight excluding hydrogens is 164 g/mol. The molecule has 0 aliphatic rings. The molecular formula is C11H20O2. The van der Waals surface area contributed by atoms with E-state index in [-0.39, 0.29) is 0 Å². The molecule has 2 nitrogen and oxygen atoms in total. The van der Waals surface area contributed by atoms with Gasteiger partial charge in [0.15, 0.2) is 0 Å². The number of ketones is 1. The molecule has 76 valence electrons. The lowest BCUT2D eigenvalue weighted by molar-refractivity contribution is -0.119. The van der Waals surface area contributed by atoms with E-state index in [2.05, 4.69) is 6.58 Å². The number of Topliss-reactive ketones (excluding diaryl/α,β-unsaturated/α-hetero) is 1. The van der Waals surface area contributed by atoms with Gasteiger partial charge in [0, 0.05) is 26.1 Å². The maximum absolute atomic E-state index is 11.2. The van der Waals surface area contributed by atoms with Crippen molar-refractivity contribution < 1.29 is 9.53 Å². The highest BCUT2D eigenvalue weighted by atomic mass is 16.5. The van der Waals surface area contributed by atoms with E-state index in [1.54, 1.807) is 0 Å². The molecule has 0 bridgehead atoms. The molecule has 13 heavy (non-hydrogen) atoms. The fourth-order valence-electron chi connectivity index (χ4n) is 0.994. The SMILES string of the molecule is C=C(C)CCC(=O)CCCOCC. The van der Waals surface area contributed by atoms with Gasteiger partial charge >= 0.3 is 0 Å². The van der Waals surface area contributed by atoms with Crippen molar-refractivity contribution in [2.75, 3.05) is 13.2 Å². The van der Waals surface area contributed by atoms with Crippen LogP contribution in [-0.2, 0) is 9.53 Å². The van der Waals surface area contributed by atoms with E-state index < -0.39 is 0 Å². The van der Waals surface area contributed by atoms with Gasteiger partial charge in [-0.05, 0) is 26.7 Å². The first kappa shape index (κ1) is 12.4. The molecule has 0 aromatic rings. The molecule has 0 unspecified atom stereocenters. The quantitative estimate of drug-likeness (QED) is 0.428. The fraction of sp³-hybridized carbons (Fsp3) is 0.727. The predicted octanol–water partition coefficient (Wildman–Crippen LogP) is 2.73. The van der Waals surface area contributed by atoms with Crippen LogP contribution in [0.3, 0.4) is 0 Å². The Morgan fingerprint density at radius 1 is 1.31 bits per heavy atom. The van der Waals surface area contributed by atoms with Crippen molar-refractivity contribution in [3.05, 3.63) is 12.2 Å². The molecule has 0 amide bonds. The predicted molar refractivity (Wildman–Crippen MR) is 54.8 cm³/mol. The van der Waals surface area contributed by atoms with Gasteiger partial charge < -0.3 is 4.74 Å². The molecule has 0 atom stereocenters. The summed E-state index contributed by atoms with van der Waals surface area (Å²) in [6, 6.07) is 0. The van der Waals surface area contributed by atoms with E-state index >= 15 is 0 Å². The molecule has 0 fully saturated rings. The first-order chi connectivity index (χ1) is 6.16. The average Bonchev–Trinajstić information content (AvgIpc) is 2.09. The molecule has 0 spiro atoms. The van der Waals surface area contributed by atoms with E-state index in [1.165, 1.54) is 0 Å². The Kier molecular flexibility index (Phi) is 7.60. The smallest absolute Gasteiger partial charge is 0.133 e. The largest absolute Gasteiger partial charge is 0.382 e. The molecule has 0 aliphatic heterocycles. The first-order valence-electron chi connectivity index (χ1n) is 4.90. The number of hydrogen-bond donors (Lipinski definition) is 0. The maximum Gasteiger partial charge on any atom is 0.133 e. The van der Waals surface area contributed by atoms with Crippen molar-refractivity contribution in [3.63, 3.8) is 0 Å². The van der Waals surface area contributed by atoms with Crippen LogP contribution in [-0.4, -0.2) is 19.0 Å². The minimum absolute atomic E-state index is 0.322. The molecule has 0 N–H and O–H groups in total. The molecule has 0 aliphatic carbocycles. The Bertz CT molecular complexity index is 161. The number of hydrogen-bond acceptors (Lipinski definition) is 2. The van der Waals surface area contributed by atoms with Crippen molar-refractivity contribution >= 4 is 5.78 Å². The van der Waals surface area contributed by atoms with Gasteiger partial charge in [0.1, 0.15) is 5.78 Å². The van der Waals surface area contributed by atoms with E-state index in [0.717, 1.165) is 25.0 Å². The third-order valence-electron chi connectivity index (χ3n) is 1.78. The van der Waals surface area contributed by atoms with Gasteiger partial charge in [-0.25, -0.2) is 0 Å². The summed E-state index contributed by atoms with van der Waals surface area (Å²) in [4.78, 5) is 11.2. The normalized spacial score (nSPS) is 10.0. The topological polar surface area (TPSA) is 26.3 Å². The van der Waals surface area contributed by atoms with Crippen LogP contribution in [0.25, 0.3) is 0 Å². The Morgan fingerprint density at radius 2 is 2.00 bits per heavy atom. The summed E-state index contributed by atoms with van der Waals surface area (Å²) in [5, 5.41) is 0. The van der Waals surface area contributed by atoms with Gasteiger partial charge in [0.25, 0.3) is 0 Å². The summed E-state index contributed by atoms with van der Waals surface area (Å²) in [6.07, 6.45) is 2.96. The minimum Gasteiger partial charge on any atom is -0.382 e. The molecule has 0 saturated heterocycles. The Morgan fingerprint density at radius 3 is 2.54 bits per heavy atom. The van der Waals surface area contributed by atoms with Gasteiger partial charge in [0.2, 0.25) is 0 Å². The minimum atomic E-state index is 0.322. The summed E-state index contributed by atoms with van der Waals surface area (Å²) < 4.78 is 5.14. The highest BCUT2D eigenvalue weighted by Gasteiger charge is 2.01. The van der Waals surface area contributed by atoms with E-state index in [1.807, 2.05) is 13.8 Å². The van der Waals surface area contributed by atoms with E-state index in [9.17, 15) is 4.79 Å². The summed E-state index contributed by atoms with van der Waals surface area (Å²) >= 11 is 0. The van der Waals surface area contributed by atoms with Crippen molar-refractivity contribution in [2.45, 2.75) is 39.5 Å². The van der Waals surface area contributed by atoms with Crippen molar-refractivity contribution in [1.29, 1.82) is 0 Å². The van der Waals surface area contributed by atoms with Crippen LogP contribution in [0.15, 0.2) is 12.2 Å². The second-order valence-electron chi connectivity index (χ2n) is 3.30. The molecule has 0 aromatic carbocycles. The highest BCUT2D eigenvalue weighted by Crippen LogP contribution is 2.04. The van der Waals surface area contributed by atoms with Crippen LogP contribution in [0, 0.1) is 0 Å². The number of allylic oxidation sites excluding steroid dienone is 1. The zero-order valence-corrected chi connectivity index (χ0v) is 8.77. The van der Waals surface area contributed by atoms with E-state index in [4.69, 9.17) is 4.74 Å². The van der Waals surface area contributed by atoms with Crippen molar-refractivity contribution in [3.8, 4) is 0 Å². The second-order valence-corrected chi connectivity index (χ2v) is 3.30. The maximum atomic E-state index is 11.2.